The van der Waals surface area contributed by atoms with Gasteiger partial charge in [0.15, 0.2) is 0 Å². The third-order valence-corrected chi connectivity index (χ3v) is 3.28. The molecule has 1 saturated heterocycles. The van der Waals surface area contributed by atoms with Crippen LogP contribution < -0.4 is 10.1 Å². The quantitative estimate of drug-likeness (QED) is 0.870. The molecule has 0 bridgehead atoms. The summed E-state index contributed by atoms with van der Waals surface area (Å²) in [6, 6.07) is 8.73. The van der Waals surface area contributed by atoms with E-state index in [0.29, 0.717) is 12.1 Å². The van der Waals surface area contributed by atoms with Crippen molar-refractivity contribution in [1.29, 1.82) is 0 Å². The summed E-state index contributed by atoms with van der Waals surface area (Å²) >= 11 is 0. The van der Waals surface area contributed by atoms with Gasteiger partial charge in [-0.1, -0.05) is 12.1 Å². The zero-order valence-corrected chi connectivity index (χ0v) is 10.6. The van der Waals surface area contributed by atoms with E-state index in [-0.39, 0.29) is 0 Å². The fourth-order valence-electron chi connectivity index (χ4n) is 1.99. The Morgan fingerprint density at radius 1 is 1.24 bits per heavy atom. The summed E-state index contributed by atoms with van der Waals surface area (Å²) in [4.78, 5) is 0. The maximum absolute atomic E-state index is 5.92. The molecule has 0 saturated carbocycles. The average Bonchev–Trinajstić information content (AvgIpc) is 2.40. The van der Waals surface area contributed by atoms with Crippen LogP contribution in [0.1, 0.15) is 31.4 Å². The Bertz CT molecular complexity index is 331. The van der Waals surface area contributed by atoms with Gasteiger partial charge >= 0.3 is 0 Å². The second-order valence-electron chi connectivity index (χ2n) is 4.51. The van der Waals surface area contributed by atoms with E-state index in [1.807, 2.05) is 7.05 Å². The topological polar surface area (TPSA) is 30.5 Å². The Balaban J connectivity index is 1.93. The van der Waals surface area contributed by atoms with Crippen LogP contribution in [0.3, 0.4) is 0 Å². The predicted octanol–water partition coefficient (Wildman–Crippen LogP) is 2.52. The van der Waals surface area contributed by atoms with Crippen molar-refractivity contribution in [2.45, 2.75) is 31.9 Å². The minimum absolute atomic E-state index is 0.316. The summed E-state index contributed by atoms with van der Waals surface area (Å²) in [6.07, 6.45) is 2.31. The summed E-state index contributed by atoms with van der Waals surface area (Å²) in [6.45, 7) is 3.79. The monoisotopic (exact) mass is 235 g/mol. The van der Waals surface area contributed by atoms with Crippen molar-refractivity contribution in [2.24, 2.45) is 0 Å². The minimum atomic E-state index is 0.316. The Kier molecular flexibility index (Phi) is 4.40. The molecule has 1 heterocycles. The number of rotatable bonds is 4. The second-order valence-corrected chi connectivity index (χ2v) is 4.51. The van der Waals surface area contributed by atoms with Crippen LogP contribution >= 0.6 is 0 Å². The Labute approximate surface area is 103 Å². The zero-order valence-electron chi connectivity index (χ0n) is 10.6. The summed E-state index contributed by atoms with van der Waals surface area (Å²) in [5.74, 6) is 0.962. The van der Waals surface area contributed by atoms with Crippen LogP contribution in [-0.4, -0.2) is 26.4 Å². The van der Waals surface area contributed by atoms with E-state index in [1.54, 1.807) is 0 Å². The lowest BCUT2D eigenvalue weighted by Crippen LogP contribution is -2.25. The highest BCUT2D eigenvalue weighted by Crippen LogP contribution is 2.20. The SMILES string of the molecule is CNC(C)c1ccc(OC2CCOCC2)cc1. The molecule has 1 aromatic rings. The summed E-state index contributed by atoms with van der Waals surface area (Å²) in [5.41, 5.74) is 1.28. The van der Waals surface area contributed by atoms with Crippen molar-refractivity contribution >= 4 is 0 Å². The van der Waals surface area contributed by atoms with Gasteiger partial charge in [0.05, 0.1) is 13.2 Å². The van der Waals surface area contributed by atoms with Crippen molar-refractivity contribution in [1.82, 2.24) is 5.32 Å². The molecule has 3 heteroatoms. The first-order chi connectivity index (χ1) is 8.29. The highest BCUT2D eigenvalue weighted by atomic mass is 16.5. The van der Waals surface area contributed by atoms with Gasteiger partial charge in [0.25, 0.3) is 0 Å². The third kappa shape index (κ3) is 3.45. The maximum atomic E-state index is 5.92. The number of ether oxygens (including phenoxy) is 2. The van der Waals surface area contributed by atoms with E-state index < -0.39 is 0 Å². The van der Waals surface area contributed by atoms with E-state index in [1.165, 1.54) is 5.56 Å². The smallest absolute Gasteiger partial charge is 0.119 e. The molecule has 1 aliphatic heterocycles. The molecule has 94 valence electrons. The number of nitrogens with one attached hydrogen (secondary N) is 1. The van der Waals surface area contributed by atoms with Gasteiger partial charge in [0.1, 0.15) is 11.9 Å². The molecule has 0 radical (unpaired) electrons. The van der Waals surface area contributed by atoms with Gasteiger partial charge in [-0.25, -0.2) is 0 Å². The van der Waals surface area contributed by atoms with Crippen LogP contribution in [0.4, 0.5) is 0 Å². The van der Waals surface area contributed by atoms with Crippen LogP contribution in [0.2, 0.25) is 0 Å². The molecular formula is C14H21NO2. The molecule has 2 rings (SSSR count). The standard InChI is InChI=1S/C14H21NO2/c1-11(15-2)12-3-5-13(6-4-12)17-14-7-9-16-10-8-14/h3-6,11,14-15H,7-10H2,1-2H3. The van der Waals surface area contributed by atoms with Crippen LogP contribution in [-0.2, 0) is 4.74 Å². The number of benzene rings is 1. The summed E-state index contributed by atoms with van der Waals surface area (Å²) in [5, 5.41) is 3.22. The Morgan fingerprint density at radius 3 is 2.47 bits per heavy atom. The van der Waals surface area contributed by atoms with Crippen LogP contribution in [0.25, 0.3) is 0 Å². The van der Waals surface area contributed by atoms with Crippen LogP contribution in [0.5, 0.6) is 5.75 Å². The second kappa shape index (κ2) is 6.03. The molecular weight excluding hydrogens is 214 g/mol. The molecule has 1 N–H and O–H groups in total. The van der Waals surface area contributed by atoms with E-state index in [4.69, 9.17) is 9.47 Å². The van der Waals surface area contributed by atoms with E-state index in [9.17, 15) is 0 Å². The third-order valence-electron chi connectivity index (χ3n) is 3.28. The van der Waals surface area contributed by atoms with Crippen molar-refractivity contribution in [3.63, 3.8) is 0 Å². The van der Waals surface area contributed by atoms with Gasteiger partial charge in [-0.15, -0.1) is 0 Å². The van der Waals surface area contributed by atoms with Crippen LogP contribution in [0, 0.1) is 0 Å². The number of hydrogen-bond acceptors (Lipinski definition) is 3. The molecule has 0 spiro atoms. The van der Waals surface area contributed by atoms with Crippen molar-refractivity contribution in [2.75, 3.05) is 20.3 Å². The molecule has 1 aliphatic rings. The fourth-order valence-corrected chi connectivity index (χ4v) is 1.99. The first-order valence-electron chi connectivity index (χ1n) is 6.31. The maximum Gasteiger partial charge on any atom is 0.119 e. The Hall–Kier alpha value is -1.06. The largest absolute Gasteiger partial charge is 0.490 e. The molecule has 0 amide bonds. The molecule has 3 nitrogen and oxygen atoms in total. The predicted molar refractivity (Wildman–Crippen MR) is 68.4 cm³/mol. The lowest BCUT2D eigenvalue weighted by molar-refractivity contribution is 0.0255. The van der Waals surface area contributed by atoms with Gasteiger partial charge < -0.3 is 14.8 Å². The normalized spacial score (nSPS) is 18.9. The van der Waals surface area contributed by atoms with E-state index in [0.717, 1.165) is 31.8 Å². The van der Waals surface area contributed by atoms with Crippen molar-refractivity contribution in [3.8, 4) is 5.75 Å². The number of hydrogen-bond donors (Lipinski definition) is 1. The lowest BCUT2D eigenvalue weighted by atomic mass is 10.1. The highest BCUT2D eigenvalue weighted by Gasteiger charge is 2.15. The van der Waals surface area contributed by atoms with Gasteiger partial charge in [-0.05, 0) is 31.7 Å². The molecule has 1 aromatic carbocycles. The van der Waals surface area contributed by atoms with Crippen molar-refractivity contribution in [3.05, 3.63) is 29.8 Å². The minimum Gasteiger partial charge on any atom is -0.490 e. The van der Waals surface area contributed by atoms with Gasteiger partial charge in [0, 0.05) is 18.9 Å². The molecule has 1 unspecified atom stereocenters. The molecule has 0 aliphatic carbocycles. The summed E-state index contributed by atoms with van der Waals surface area (Å²) < 4.78 is 11.2. The fraction of sp³-hybridized carbons (Fsp3) is 0.571. The van der Waals surface area contributed by atoms with Gasteiger partial charge in [-0.2, -0.15) is 0 Å². The highest BCUT2D eigenvalue weighted by molar-refractivity contribution is 5.29. The first kappa shape index (κ1) is 12.4. The molecule has 0 aromatic heterocycles. The van der Waals surface area contributed by atoms with Gasteiger partial charge in [-0.3, -0.25) is 0 Å². The van der Waals surface area contributed by atoms with E-state index >= 15 is 0 Å². The van der Waals surface area contributed by atoms with Gasteiger partial charge in [0.2, 0.25) is 0 Å². The molecule has 17 heavy (non-hydrogen) atoms. The van der Waals surface area contributed by atoms with Crippen molar-refractivity contribution < 1.29 is 9.47 Å². The molecule has 1 fully saturated rings. The average molecular weight is 235 g/mol. The zero-order chi connectivity index (χ0) is 12.1. The first-order valence-corrected chi connectivity index (χ1v) is 6.31. The lowest BCUT2D eigenvalue weighted by Gasteiger charge is -2.23. The molecule has 1 atom stereocenters. The summed E-state index contributed by atoms with van der Waals surface area (Å²) in [7, 11) is 1.97. The van der Waals surface area contributed by atoms with E-state index in [2.05, 4.69) is 36.5 Å². The van der Waals surface area contributed by atoms with Crippen LogP contribution in [0.15, 0.2) is 24.3 Å². The Morgan fingerprint density at radius 2 is 1.88 bits per heavy atom.